The van der Waals surface area contributed by atoms with Crippen molar-refractivity contribution >= 4 is 25.7 Å². The summed E-state index contributed by atoms with van der Waals surface area (Å²) in [6, 6.07) is -1.55. The van der Waals surface area contributed by atoms with Crippen molar-refractivity contribution in [2.75, 3.05) is 19.8 Å². The number of amides is 1. The Labute approximate surface area is 352 Å². The van der Waals surface area contributed by atoms with Gasteiger partial charge in [-0.2, -0.15) is 0 Å². The van der Waals surface area contributed by atoms with E-state index in [0.717, 1.165) is 83.5 Å². The summed E-state index contributed by atoms with van der Waals surface area (Å²) in [7, 11) is -4.76. The molecule has 0 spiro atoms. The second kappa shape index (κ2) is 41.2. The van der Waals surface area contributed by atoms with Gasteiger partial charge in [-0.25, -0.2) is 9.36 Å². The first-order chi connectivity index (χ1) is 28.1. The van der Waals surface area contributed by atoms with E-state index in [9.17, 15) is 34.1 Å². The van der Waals surface area contributed by atoms with Gasteiger partial charge in [-0.3, -0.25) is 18.6 Å². The number of aliphatic hydroxyl groups excluding tert-OH is 1. The number of nitrogens with one attached hydrogen (secondary N) is 1. The molecule has 0 radical (unpaired) electrons. The molecule has 0 heterocycles. The second-order valence-corrected chi connectivity index (χ2v) is 16.7. The molecule has 0 aromatic rings. The van der Waals surface area contributed by atoms with Gasteiger partial charge < -0.3 is 25.2 Å². The van der Waals surface area contributed by atoms with Gasteiger partial charge >= 0.3 is 19.8 Å². The molecule has 0 aromatic carbocycles. The monoisotopic (exact) mass is 840 g/mol. The topological polar surface area (TPSA) is 169 Å². The van der Waals surface area contributed by atoms with Crippen LogP contribution in [0.2, 0.25) is 0 Å². The summed E-state index contributed by atoms with van der Waals surface area (Å²) in [5.74, 6) is -2.39. The van der Waals surface area contributed by atoms with Crippen LogP contribution >= 0.6 is 7.82 Å². The van der Waals surface area contributed by atoms with Gasteiger partial charge in [0.25, 0.3) is 0 Å². The van der Waals surface area contributed by atoms with Gasteiger partial charge in [0.05, 0.1) is 13.2 Å². The highest BCUT2D eigenvalue weighted by molar-refractivity contribution is 7.47. The van der Waals surface area contributed by atoms with E-state index in [2.05, 4.69) is 67.8 Å². The molecule has 12 heteroatoms. The number of hydrogen-bond donors (Lipinski definition) is 4. The number of esters is 1. The molecule has 0 aliphatic rings. The minimum Gasteiger partial charge on any atom is -0.480 e. The number of hydrogen-bond acceptors (Lipinski definition) is 8. The summed E-state index contributed by atoms with van der Waals surface area (Å²) < 4.78 is 26.8. The number of ether oxygens (including phenoxy) is 1. The van der Waals surface area contributed by atoms with Crippen LogP contribution in [-0.4, -0.2) is 64.9 Å². The Morgan fingerprint density at radius 3 is 1.40 bits per heavy atom. The zero-order chi connectivity index (χ0) is 42.8. The molecule has 0 aromatic heterocycles. The fourth-order valence-electron chi connectivity index (χ4n) is 6.02. The maximum absolute atomic E-state index is 12.3. The lowest BCUT2D eigenvalue weighted by Crippen LogP contribution is -2.43. The minimum atomic E-state index is -4.76. The summed E-state index contributed by atoms with van der Waals surface area (Å²) in [5, 5.41) is 21.8. The van der Waals surface area contributed by atoms with E-state index in [1.165, 1.54) is 70.6 Å². The number of aliphatic carboxylic acids is 1. The lowest BCUT2D eigenvalue weighted by molar-refractivity contribution is -0.147. The van der Waals surface area contributed by atoms with Crippen LogP contribution in [0.4, 0.5) is 0 Å². The number of allylic oxidation sites excluding steroid dienone is 8. The Kier molecular flexibility index (Phi) is 39.4. The van der Waals surface area contributed by atoms with Crippen LogP contribution < -0.4 is 5.32 Å². The first-order valence-corrected chi connectivity index (χ1v) is 24.2. The molecule has 0 rings (SSSR count). The van der Waals surface area contributed by atoms with E-state index in [4.69, 9.17) is 13.8 Å². The number of phosphoric acid groups is 1. The first-order valence-electron chi connectivity index (χ1n) is 22.7. The van der Waals surface area contributed by atoms with Gasteiger partial charge in [0.15, 0.2) is 6.04 Å². The van der Waals surface area contributed by atoms with Crippen molar-refractivity contribution in [2.45, 2.75) is 206 Å². The maximum Gasteiger partial charge on any atom is 0.472 e. The van der Waals surface area contributed by atoms with Gasteiger partial charge in [-0.1, -0.05) is 152 Å². The third kappa shape index (κ3) is 40.2. The Morgan fingerprint density at radius 2 is 0.948 bits per heavy atom. The van der Waals surface area contributed by atoms with Crippen LogP contribution in [0.5, 0.6) is 0 Å². The molecule has 11 nitrogen and oxygen atoms in total. The fourth-order valence-corrected chi connectivity index (χ4v) is 6.79. The molecule has 0 aliphatic heterocycles. The number of rotatable bonds is 42. The first kappa shape index (κ1) is 55.4. The van der Waals surface area contributed by atoms with Gasteiger partial charge in [-0.05, 0) is 77.0 Å². The summed E-state index contributed by atoms with van der Waals surface area (Å²) in [6.07, 6.45) is 45.5. The summed E-state index contributed by atoms with van der Waals surface area (Å²) in [5.41, 5.74) is 0. The SMILES string of the molecule is CCCCC/C=C\C/C=C\CCCCCCCCCCCC(=O)NC(COP(=O)(O)OCC(O)COC(=O)CCCCCCC/C=C\C/C=C\CCCCC)C(=O)O. The average molecular weight is 840 g/mol. The standard InChI is InChI=1S/C46H82NO10P/c1-3-5-7-9-11-13-15-17-19-20-21-22-24-25-27-29-31-33-35-37-44(49)47-43(46(51)52)41-57-58(53,54)56-40-42(48)39-55-45(50)38-36-34-32-30-28-26-23-18-16-14-12-10-8-6-4-2/h11-14,17-19,23,42-43,48H,3-10,15-16,20-22,24-41H2,1-2H3,(H,47,49)(H,51,52)(H,53,54)/b13-11-,14-12-,19-17-,23-18-. The number of carboxylic acid groups (broad SMARTS) is 1. The van der Waals surface area contributed by atoms with Crippen LogP contribution in [0.25, 0.3) is 0 Å². The van der Waals surface area contributed by atoms with Crippen molar-refractivity contribution in [3.8, 4) is 0 Å². The van der Waals surface area contributed by atoms with Crippen LogP contribution in [-0.2, 0) is 32.7 Å². The fraction of sp³-hybridized carbons (Fsp3) is 0.761. The normalized spacial score (nSPS) is 14.1. The predicted molar refractivity (Wildman–Crippen MR) is 235 cm³/mol. The number of carbonyl (C=O) groups is 3. The molecule has 1 amide bonds. The van der Waals surface area contributed by atoms with Crippen molar-refractivity contribution in [3.05, 3.63) is 48.6 Å². The van der Waals surface area contributed by atoms with Crippen LogP contribution in [0.3, 0.4) is 0 Å². The number of carboxylic acids is 1. The number of aliphatic hydroxyl groups is 1. The van der Waals surface area contributed by atoms with Gasteiger partial charge in [0.2, 0.25) is 5.91 Å². The maximum atomic E-state index is 12.3. The Bertz CT molecular complexity index is 1170. The molecule has 0 saturated carbocycles. The van der Waals surface area contributed by atoms with E-state index in [1.807, 2.05) is 0 Å². The highest BCUT2D eigenvalue weighted by atomic mass is 31.2. The van der Waals surface area contributed by atoms with Gasteiger partial charge in [-0.15, -0.1) is 0 Å². The lowest BCUT2D eigenvalue weighted by atomic mass is 10.1. The Balaban J connectivity index is 3.91. The summed E-state index contributed by atoms with van der Waals surface area (Å²) in [4.78, 5) is 45.9. The Hall–Kier alpha value is -2.56. The molecule has 58 heavy (non-hydrogen) atoms. The molecule has 3 atom stereocenters. The van der Waals surface area contributed by atoms with Crippen molar-refractivity contribution < 1.29 is 47.8 Å². The molecule has 0 fully saturated rings. The average Bonchev–Trinajstić information content (AvgIpc) is 3.20. The van der Waals surface area contributed by atoms with E-state index in [-0.39, 0.29) is 12.8 Å². The van der Waals surface area contributed by atoms with E-state index in [0.29, 0.717) is 12.8 Å². The zero-order valence-corrected chi connectivity index (χ0v) is 37.2. The molecule has 0 aliphatic carbocycles. The van der Waals surface area contributed by atoms with E-state index >= 15 is 0 Å². The second-order valence-electron chi connectivity index (χ2n) is 15.2. The van der Waals surface area contributed by atoms with E-state index in [1.54, 1.807) is 0 Å². The molecule has 336 valence electrons. The zero-order valence-electron chi connectivity index (χ0n) is 36.3. The van der Waals surface area contributed by atoms with Crippen molar-refractivity contribution in [1.29, 1.82) is 0 Å². The largest absolute Gasteiger partial charge is 0.480 e. The van der Waals surface area contributed by atoms with Crippen molar-refractivity contribution in [1.82, 2.24) is 5.32 Å². The quantitative estimate of drug-likeness (QED) is 0.0201. The summed E-state index contributed by atoms with van der Waals surface area (Å²) in [6.45, 7) is 2.53. The Morgan fingerprint density at radius 1 is 0.552 bits per heavy atom. The third-order valence-corrected chi connectivity index (χ3v) is 10.5. The van der Waals surface area contributed by atoms with Crippen molar-refractivity contribution in [2.24, 2.45) is 0 Å². The molecule has 0 bridgehead atoms. The predicted octanol–water partition coefficient (Wildman–Crippen LogP) is 11.8. The van der Waals surface area contributed by atoms with Crippen LogP contribution in [0, 0.1) is 0 Å². The smallest absolute Gasteiger partial charge is 0.472 e. The van der Waals surface area contributed by atoms with E-state index < -0.39 is 57.6 Å². The molecule has 4 N–H and O–H groups in total. The summed E-state index contributed by atoms with van der Waals surface area (Å²) >= 11 is 0. The number of unbranched alkanes of at least 4 members (excludes halogenated alkanes) is 20. The van der Waals surface area contributed by atoms with Crippen LogP contribution in [0.1, 0.15) is 194 Å². The highest BCUT2D eigenvalue weighted by Gasteiger charge is 2.28. The highest BCUT2D eigenvalue weighted by Crippen LogP contribution is 2.43. The van der Waals surface area contributed by atoms with Gasteiger partial charge in [0.1, 0.15) is 12.7 Å². The minimum absolute atomic E-state index is 0.139. The number of carbonyl (C=O) groups excluding carboxylic acids is 2. The number of phosphoric ester groups is 1. The van der Waals surface area contributed by atoms with Crippen molar-refractivity contribution in [3.63, 3.8) is 0 Å². The van der Waals surface area contributed by atoms with Gasteiger partial charge in [0, 0.05) is 12.8 Å². The lowest BCUT2D eigenvalue weighted by Gasteiger charge is -2.18. The molecular formula is C46H82NO10P. The third-order valence-electron chi connectivity index (χ3n) is 9.59. The molecule has 3 unspecified atom stereocenters. The molecule has 0 saturated heterocycles. The molecular weight excluding hydrogens is 757 g/mol. The van der Waals surface area contributed by atoms with Crippen LogP contribution in [0.15, 0.2) is 48.6 Å².